The molecule has 5 nitrogen and oxygen atoms in total. The van der Waals surface area contributed by atoms with Crippen molar-refractivity contribution in [2.45, 2.75) is 30.2 Å². The summed E-state index contributed by atoms with van der Waals surface area (Å²) in [5, 5.41) is 3.08. The van der Waals surface area contributed by atoms with Crippen LogP contribution in [-0.2, 0) is 10.0 Å². The molecule has 1 atom stereocenters. The van der Waals surface area contributed by atoms with Crippen molar-refractivity contribution < 1.29 is 13.2 Å². The second kappa shape index (κ2) is 6.56. The number of hydrogen-bond acceptors (Lipinski definition) is 4. The van der Waals surface area contributed by atoms with Crippen LogP contribution in [0.1, 0.15) is 19.3 Å². The van der Waals surface area contributed by atoms with E-state index in [1.165, 1.54) is 7.11 Å². The van der Waals surface area contributed by atoms with E-state index in [2.05, 4.69) is 5.32 Å². The van der Waals surface area contributed by atoms with Crippen LogP contribution in [0.3, 0.4) is 0 Å². The first kappa shape index (κ1) is 15.3. The number of nitrogens with zero attached hydrogens (tertiary/aromatic N) is 1. The summed E-state index contributed by atoms with van der Waals surface area (Å²) in [4.78, 5) is 0.305. The van der Waals surface area contributed by atoms with Crippen LogP contribution in [-0.4, -0.2) is 46.0 Å². The van der Waals surface area contributed by atoms with Crippen LogP contribution >= 0.6 is 0 Å². The molecule has 0 bridgehead atoms. The zero-order chi connectivity index (χ0) is 14.6. The molecule has 112 valence electrons. The lowest BCUT2D eigenvalue weighted by Gasteiger charge is -2.34. The minimum atomic E-state index is -3.45. The standard InChI is InChI=1S/C14H22N2O3S/c1-15-11-12-6-3-4-9-16(12)20(17,18)14-8-5-7-13(10-14)19-2/h5,7-8,10,12,15H,3-4,6,9,11H2,1-2H3. The van der Waals surface area contributed by atoms with Crippen molar-refractivity contribution in [1.82, 2.24) is 9.62 Å². The fourth-order valence-corrected chi connectivity index (χ4v) is 4.36. The van der Waals surface area contributed by atoms with Crippen LogP contribution < -0.4 is 10.1 Å². The third-order valence-electron chi connectivity index (χ3n) is 3.66. The zero-order valence-corrected chi connectivity index (χ0v) is 12.8. The topological polar surface area (TPSA) is 58.6 Å². The van der Waals surface area contributed by atoms with Gasteiger partial charge in [-0.15, -0.1) is 0 Å². The second-order valence-electron chi connectivity index (χ2n) is 5.00. The van der Waals surface area contributed by atoms with Gasteiger partial charge in [0.15, 0.2) is 0 Å². The molecule has 20 heavy (non-hydrogen) atoms. The van der Waals surface area contributed by atoms with Gasteiger partial charge in [-0.1, -0.05) is 12.5 Å². The van der Waals surface area contributed by atoms with E-state index in [9.17, 15) is 8.42 Å². The van der Waals surface area contributed by atoms with Crippen LogP contribution in [0.4, 0.5) is 0 Å². The number of sulfonamides is 1. The van der Waals surface area contributed by atoms with E-state index < -0.39 is 10.0 Å². The second-order valence-corrected chi connectivity index (χ2v) is 6.89. The molecule has 2 rings (SSSR count). The lowest BCUT2D eigenvalue weighted by atomic mass is 10.1. The van der Waals surface area contributed by atoms with E-state index in [0.717, 1.165) is 19.3 Å². The van der Waals surface area contributed by atoms with Gasteiger partial charge in [-0.2, -0.15) is 4.31 Å². The fraction of sp³-hybridized carbons (Fsp3) is 0.571. The van der Waals surface area contributed by atoms with Crippen LogP contribution in [0.2, 0.25) is 0 Å². The highest BCUT2D eigenvalue weighted by Crippen LogP contribution is 2.26. The van der Waals surface area contributed by atoms with Gasteiger partial charge in [0.1, 0.15) is 5.75 Å². The Hall–Kier alpha value is -1.11. The molecule has 1 aromatic carbocycles. The lowest BCUT2D eigenvalue weighted by molar-refractivity contribution is 0.249. The predicted octanol–water partition coefficient (Wildman–Crippen LogP) is 1.46. The average molecular weight is 298 g/mol. The Bertz CT molecular complexity index is 543. The summed E-state index contributed by atoms with van der Waals surface area (Å²) >= 11 is 0. The number of rotatable bonds is 5. The molecule has 0 amide bonds. The van der Waals surface area contributed by atoms with Crippen molar-refractivity contribution in [3.63, 3.8) is 0 Å². The van der Waals surface area contributed by atoms with E-state index >= 15 is 0 Å². The molecule has 1 saturated heterocycles. The van der Waals surface area contributed by atoms with Crippen LogP contribution in [0.5, 0.6) is 5.75 Å². The quantitative estimate of drug-likeness (QED) is 0.894. The molecule has 1 fully saturated rings. The van der Waals surface area contributed by atoms with E-state index in [4.69, 9.17) is 4.74 Å². The molecule has 0 aliphatic carbocycles. The number of likely N-dealkylation sites (N-methyl/N-ethyl adjacent to an activating group) is 1. The first-order chi connectivity index (χ1) is 9.59. The Morgan fingerprint density at radius 1 is 1.40 bits per heavy atom. The van der Waals surface area contributed by atoms with Crippen molar-refractivity contribution in [3.8, 4) is 5.75 Å². The molecule has 1 aliphatic rings. The SMILES string of the molecule is CNCC1CCCCN1S(=O)(=O)c1cccc(OC)c1. The highest BCUT2D eigenvalue weighted by atomic mass is 32.2. The van der Waals surface area contributed by atoms with Crippen molar-refractivity contribution in [3.05, 3.63) is 24.3 Å². The van der Waals surface area contributed by atoms with Crippen LogP contribution in [0.25, 0.3) is 0 Å². The van der Waals surface area contributed by atoms with Crippen molar-refractivity contribution in [2.75, 3.05) is 27.2 Å². The monoisotopic (exact) mass is 298 g/mol. The van der Waals surface area contributed by atoms with Gasteiger partial charge < -0.3 is 10.1 Å². The Balaban J connectivity index is 2.31. The minimum absolute atomic E-state index is 0.0324. The smallest absolute Gasteiger partial charge is 0.243 e. The van der Waals surface area contributed by atoms with Gasteiger partial charge in [-0.05, 0) is 32.0 Å². The maximum absolute atomic E-state index is 12.8. The van der Waals surface area contributed by atoms with Gasteiger partial charge in [-0.3, -0.25) is 0 Å². The Morgan fingerprint density at radius 2 is 2.20 bits per heavy atom. The Labute approximate surface area is 121 Å². The van der Waals surface area contributed by atoms with E-state index in [1.54, 1.807) is 28.6 Å². The molecule has 0 radical (unpaired) electrons. The molecule has 0 spiro atoms. The van der Waals surface area contributed by atoms with Crippen molar-refractivity contribution in [1.29, 1.82) is 0 Å². The minimum Gasteiger partial charge on any atom is -0.497 e. The highest BCUT2D eigenvalue weighted by molar-refractivity contribution is 7.89. The van der Waals surface area contributed by atoms with Crippen molar-refractivity contribution >= 4 is 10.0 Å². The normalized spacial score (nSPS) is 20.8. The molecular formula is C14H22N2O3S. The molecule has 1 unspecified atom stereocenters. The molecule has 1 aromatic rings. The summed E-state index contributed by atoms with van der Waals surface area (Å²) in [6.07, 6.45) is 2.91. The van der Waals surface area contributed by atoms with E-state index in [-0.39, 0.29) is 6.04 Å². The van der Waals surface area contributed by atoms with Crippen molar-refractivity contribution in [2.24, 2.45) is 0 Å². The summed E-state index contributed by atoms with van der Waals surface area (Å²) in [6, 6.07) is 6.71. The average Bonchev–Trinajstić information content (AvgIpc) is 2.48. The summed E-state index contributed by atoms with van der Waals surface area (Å²) in [5.41, 5.74) is 0. The van der Waals surface area contributed by atoms with E-state index in [0.29, 0.717) is 23.7 Å². The van der Waals surface area contributed by atoms with Gasteiger partial charge in [0.05, 0.1) is 12.0 Å². The van der Waals surface area contributed by atoms with E-state index in [1.807, 2.05) is 7.05 Å². The maximum Gasteiger partial charge on any atom is 0.243 e. The zero-order valence-electron chi connectivity index (χ0n) is 12.0. The van der Waals surface area contributed by atoms with Gasteiger partial charge >= 0.3 is 0 Å². The van der Waals surface area contributed by atoms with Gasteiger partial charge in [-0.25, -0.2) is 8.42 Å². The van der Waals surface area contributed by atoms with Crippen LogP contribution in [0.15, 0.2) is 29.2 Å². The summed E-state index contributed by atoms with van der Waals surface area (Å²) in [6.45, 7) is 1.27. The molecule has 1 heterocycles. The highest BCUT2D eigenvalue weighted by Gasteiger charge is 2.33. The predicted molar refractivity (Wildman–Crippen MR) is 78.5 cm³/mol. The molecule has 1 N–H and O–H groups in total. The lowest BCUT2D eigenvalue weighted by Crippen LogP contribution is -2.47. The first-order valence-electron chi connectivity index (χ1n) is 6.90. The number of nitrogens with one attached hydrogen (secondary N) is 1. The third-order valence-corrected chi connectivity index (χ3v) is 5.61. The number of methoxy groups -OCH3 is 1. The summed E-state index contributed by atoms with van der Waals surface area (Å²) in [7, 11) is -0.0624. The molecule has 0 saturated carbocycles. The third kappa shape index (κ3) is 3.13. The molecule has 1 aliphatic heterocycles. The molecule has 6 heteroatoms. The van der Waals surface area contributed by atoms with Gasteiger partial charge in [0.2, 0.25) is 10.0 Å². The molecule has 0 aromatic heterocycles. The number of benzene rings is 1. The number of piperidine rings is 1. The number of hydrogen-bond donors (Lipinski definition) is 1. The fourth-order valence-electron chi connectivity index (χ4n) is 2.63. The Kier molecular flexibility index (Phi) is 5.01. The number of ether oxygens (including phenoxy) is 1. The van der Waals surface area contributed by atoms with Crippen LogP contribution in [0, 0.1) is 0 Å². The first-order valence-corrected chi connectivity index (χ1v) is 8.34. The van der Waals surface area contributed by atoms with Gasteiger partial charge in [0.25, 0.3) is 0 Å². The summed E-state index contributed by atoms with van der Waals surface area (Å²) in [5.74, 6) is 0.563. The Morgan fingerprint density at radius 3 is 2.90 bits per heavy atom. The summed E-state index contributed by atoms with van der Waals surface area (Å²) < 4.78 is 32.3. The van der Waals surface area contributed by atoms with Gasteiger partial charge in [0, 0.05) is 25.2 Å². The largest absolute Gasteiger partial charge is 0.497 e. The molecular weight excluding hydrogens is 276 g/mol. The maximum atomic E-state index is 12.8.